The number of benzene rings is 1. The van der Waals surface area contributed by atoms with Gasteiger partial charge >= 0.3 is 0 Å². The molecule has 0 saturated carbocycles. The SMILES string of the molecule is CC[C@H]1CCc2nc3sc4c(c3c(-c3cccc(C)c3)c2C1)CCCC4. The summed E-state index contributed by atoms with van der Waals surface area (Å²) in [5.74, 6) is 0.819. The van der Waals surface area contributed by atoms with Crippen LogP contribution in [0.4, 0.5) is 0 Å². The van der Waals surface area contributed by atoms with E-state index in [1.807, 2.05) is 11.3 Å². The lowest BCUT2D eigenvalue weighted by atomic mass is 9.80. The molecule has 1 nitrogen and oxygen atoms in total. The maximum Gasteiger partial charge on any atom is 0.124 e. The Morgan fingerprint density at radius 1 is 1.12 bits per heavy atom. The lowest BCUT2D eigenvalue weighted by Gasteiger charge is -2.26. The summed E-state index contributed by atoms with van der Waals surface area (Å²) in [6.45, 7) is 4.56. The van der Waals surface area contributed by atoms with Crippen LogP contribution in [0.25, 0.3) is 21.3 Å². The third-order valence-electron chi connectivity index (χ3n) is 6.46. The first-order chi connectivity index (χ1) is 12.7. The molecular formula is C24H27NS. The second-order valence-electron chi connectivity index (χ2n) is 8.19. The van der Waals surface area contributed by atoms with E-state index >= 15 is 0 Å². The predicted octanol–water partition coefficient (Wildman–Crippen LogP) is 6.67. The van der Waals surface area contributed by atoms with Gasteiger partial charge in [-0.3, -0.25) is 0 Å². The van der Waals surface area contributed by atoms with Crippen LogP contribution in [0.15, 0.2) is 24.3 Å². The lowest BCUT2D eigenvalue weighted by molar-refractivity contribution is 0.441. The van der Waals surface area contributed by atoms with Gasteiger partial charge in [-0.1, -0.05) is 43.2 Å². The van der Waals surface area contributed by atoms with E-state index < -0.39 is 0 Å². The van der Waals surface area contributed by atoms with Crippen LogP contribution in [0.5, 0.6) is 0 Å². The number of fused-ring (bicyclic) bond motifs is 4. The van der Waals surface area contributed by atoms with Crippen molar-refractivity contribution in [2.75, 3.05) is 0 Å². The summed E-state index contributed by atoms with van der Waals surface area (Å²) in [5.41, 5.74) is 8.88. The molecule has 0 saturated heterocycles. The number of aromatic nitrogens is 1. The van der Waals surface area contributed by atoms with Crippen molar-refractivity contribution in [1.82, 2.24) is 4.98 Å². The third kappa shape index (κ3) is 2.62. The molecule has 0 radical (unpaired) electrons. The molecule has 2 aliphatic rings. The molecule has 2 aromatic heterocycles. The number of aryl methyl sites for hydroxylation is 4. The summed E-state index contributed by atoms with van der Waals surface area (Å²) in [7, 11) is 0. The molecule has 0 aliphatic heterocycles. The van der Waals surface area contributed by atoms with E-state index in [4.69, 9.17) is 4.98 Å². The Hall–Kier alpha value is -1.67. The second-order valence-corrected chi connectivity index (χ2v) is 9.27. The highest BCUT2D eigenvalue weighted by Gasteiger charge is 2.27. The quantitative estimate of drug-likeness (QED) is 0.497. The number of nitrogens with zero attached hydrogens (tertiary/aromatic N) is 1. The first-order valence-corrected chi connectivity index (χ1v) is 11.1. The van der Waals surface area contributed by atoms with Gasteiger partial charge in [-0.2, -0.15) is 0 Å². The Bertz CT molecular complexity index is 982. The van der Waals surface area contributed by atoms with Gasteiger partial charge in [0.1, 0.15) is 4.83 Å². The van der Waals surface area contributed by atoms with Crippen LogP contribution < -0.4 is 0 Å². The highest BCUT2D eigenvalue weighted by atomic mass is 32.1. The number of hydrogen-bond donors (Lipinski definition) is 0. The topological polar surface area (TPSA) is 12.9 Å². The molecule has 3 aromatic rings. The van der Waals surface area contributed by atoms with E-state index in [0.717, 1.165) is 12.3 Å². The highest BCUT2D eigenvalue weighted by molar-refractivity contribution is 7.19. The van der Waals surface area contributed by atoms with Gasteiger partial charge in [-0.25, -0.2) is 4.98 Å². The van der Waals surface area contributed by atoms with Crippen LogP contribution in [0.1, 0.15) is 59.9 Å². The van der Waals surface area contributed by atoms with Gasteiger partial charge in [-0.15, -0.1) is 11.3 Å². The van der Waals surface area contributed by atoms with Crippen LogP contribution in [0, 0.1) is 12.8 Å². The average Bonchev–Trinajstić information content (AvgIpc) is 3.03. The Labute approximate surface area is 160 Å². The molecule has 0 amide bonds. The maximum atomic E-state index is 5.22. The van der Waals surface area contributed by atoms with E-state index in [2.05, 4.69) is 38.1 Å². The lowest BCUT2D eigenvalue weighted by Crippen LogP contribution is -2.16. The Morgan fingerprint density at radius 3 is 2.85 bits per heavy atom. The molecule has 2 heterocycles. The van der Waals surface area contributed by atoms with E-state index in [-0.39, 0.29) is 0 Å². The van der Waals surface area contributed by atoms with Crippen molar-refractivity contribution < 1.29 is 0 Å². The molecule has 0 unspecified atom stereocenters. The number of pyridine rings is 1. The van der Waals surface area contributed by atoms with Crippen LogP contribution >= 0.6 is 11.3 Å². The van der Waals surface area contributed by atoms with Gasteiger partial charge in [0.15, 0.2) is 0 Å². The predicted molar refractivity (Wildman–Crippen MR) is 112 cm³/mol. The van der Waals surface area contributed by atoms with Crippen molar-refractivity contribution in [3.05, 3.63) is 51.5 Å². The Kier molecular flexibility index (Phi) is 4.12. The van der Waals surface area contributed by atoms with Gasteiger partial charge < -0.3 is 0 Å². The Morgan fingerprint density at radius 2 is 2.00 bits per heavy atom. The summed E-state index contributed by atoms with van der Waals surface area (Å²) >= 11 is 1.98. The molecule has 0 fully saturated rings. The third-order valence-corrected chi connectivity index (χ3v) is 7.64. The smallest absolute Gasteiger partial charge is 0.124 e. The molecule has 1 atom stereocenters. The molecule has 5 rings (SSSR count). The normalized spacial score (nSPS) is 19.4. The van der Waals surface area contributed by atoms with Crippen molar-refractivity contribution in [1.29, 1.82) is 0 Å². The molecular weight excluding hydrogens is 334 g/mol. The monoisotopic (exact) mass is 361 g/mol. The highest BCUT2D eigenvalue weighted by Crippen LogP contribution is 2.45. The largest absolute Gasteiger partial charge is 0.242 e. The second kappa shape index (κ2) is 6.49. The molecule has 0 bridgehead atoms. The molecule has 134 valence electrons. The minimum Gasteiger partial charge on any atom is -0.242 e. The van der Waals surface area contributed by atoms with Gasteiger partial charge in [0.2, 0.25) is 0 Å². The van der Waals surface area contributed by atoms with Gasteiger partial charge in [0.25, 0.3) is 0 Å². The fourth-order valence-corrected chi connectivity index (χ4v) is 6.29. The van der Waals surface area contributed by atoms with Crippen molar-refractivity contribution in [2.24, 2.45) is 5.92 Å². The molecule has 26 heavy (non-hydrogen) atoms. The summed E-state index contributed by atoms with van der Waals surface area (Å²) < 4.78 is 0. The van der Waals surface area contributed by atoms with Crippen LogP contribution in [-0.2, 0) is 25.7 Å². The van der Waals surface area contributed by atoms with E-state index in [0.29, 0.717) is 0 Å². The standard InChI is InChI=1S/C24H27NS/c1-3-16-11-12-20-19(14-16)22(17-8-6-7-15(2)13-17)23-18-9-4-5-10-21(18)26-24(23)25-20/h6-8,13,16H,3-5,9-12,14H2,1-2H3/t16-/m0/s1. The number of rotatable bonds is 2. The van der Waals surface area contributed by atoms with Crippen LogP contribution in [0.2, 0.25) is 0 Å². The number of hydrogen-bond acceptors (Lipinski definition) is 2. The minimum atomic E-state index is 0.819. The Balaban J connectivity index is 1.84. The molecule has 0 spiro atoms. The van der Waals surface area contributed by atoms with Crippen LogP contribution in [0.3, 0.4) is 0 Å². The van der Waals surface area contributed by atoms with E-state index in [9.17, 15) is 0 Å². The van der Waals surface area contributed by atoms with Crippen molar-refractivity contribution in [3.8, 4) is 11.1 Å². The summed E-state index contributed by atoms with van der Waals surface area (Å²) in [6, 6.07) is 9.15. The average molecular weight is 362 g/mol. The zero-order chi connectivity index (χ0) is 17.7. The van der Waals surface area contributed by atoms with Gasteiger partial charge in [0, 0.05) is 16.0 Å². The van der Waals surface area contributed by atoms with Crippen molar-refractivity contribution in [2.45, 2.75) is 65.2 Å². The fourth-order valence-electron chi connectivity index (χ4n) is 5.00. The molecule has 0 N–H and O–H groups in total. The minimum absolute atomic E-state index is 0.819. The maximum absolute atomic E-state index is 5.22. The summed E-state index contributed by atoms with van der Waals surface area (Å²) in [4.78, 5) is 8.14. The van der Waals surface area contributed by atoms with Crippen molar-refractivity contribution >= 4 is 21.6 Å². The summed E-state index contributed by atoms with van der Waals surface area (Å²) in [6.07, 6.45) is 10.1. The zero-order valence-electron chi connectivity index (χ0n) is 15.9. The van der Waals surface area contributed by atoms with Crippen LogP contribution in [-0.4, -0.2) is 4.98 Å². The molecule has 2 heteroatoms. The molecule has 2 aliphatic carbocycles. The zero-order valence-corrected chi connectivity index (χ0v) is 16.7. The van der Waals surface area contributed by atoms with Gasteiger partial charge in [-0.05, 0) is 80.0 Å². The van der Waals surface area contributed by atoms with Crippen molar-refractivity contribution in [3.63, 3.8) is 0 Å². The first-order valence-electron chi connectivity index (χ1n) is 10.3. The number of thiophene rings is 1. The summed E-state index contributed by atoms with van der Waals surface area (Å²) in [5, 5.41) is 1.51. The first kappa shape index (κ1) is 16.5. The molecule has 1 aromatic carbocycles. The fraction of sp³-hybridized carbons (Fsp3) is 0.458. The van der Waals surface area contributed by atoms with Gasteiger partial charge in [0.05, 0.1) is 0 Å². The van der Waals surface area contributed by atoms with E-state index in [1.165, 1.54) is 77.5 Å². The van der Waals surface area contributed by atoms with E-state index in [1.54, 1.807) is 16.0 Å².